The van der Waals surface area contributed by atoms with E-state index in [1.165, 1.54) is 0 Å². The molecule has 0 radical (unpaired) electrons. The van der Waals surface area contributed by atoms with Crippen LogP contribution in [0.25, 0.3) is 0 Å². The first kappa shape index (κ1) is 22.8. The zero-order chi connectivity index (χ0) is 17.7. The molecule has 0 bridgehead atoms. The Balaban J connectivity index is 3.47. The van der Waals surface area contributed by atoms with Crippen molar-refractivity contribution in [2.45, 2.75) is 70.8 Å². The van der Waals surface area contributed by atoms with Crippen molar-refractivity contribution in [3.8, 4) is 0 Å². The van der Waals surface area contributed by atoms with Crippen molar-refractivity contribution in [1.29, 1.82) is 0 Å². The highest BCUT2D eigenvalue weighted by molar-refractivity contribution is 7.78. The fourth-order valence-electron chi connectivity index (χ4n) is 2.04. The SMILES string of the molecule is CC/C=C\C/C=C\C/C=C\C/C=C\CC/C=C/CCC(O)CC=S. The topological polar surface area (TPSA) is 20.2 Å². The van der Waals surface area contributed by atoms with Crippen molar-refractivity contribution in [2.24, 2.45) is 0 Å². The van der Waals surface area contributed by atoms with E-state index in [0.717, 1.165) is 51.4 Å². The van der Waals surface area contributed by atoms with E-state index in [-0.39, 0.29) is 6.10 Å². The van der Waals surface area contributed by atoms with Crippen LogP contribution in [0.1, 0.15) is 64.7 Å². The van der Waals surface area contributed by atoms with E-state index >= 15 is 0 Å². The summed E-state index contributed by atoms with van der Waals surface area (Å²) in [4.78, 5) is 0. The van der Waals surface area contributed by atoms with Crippen molar-refractivity contribution >= 4 is 17.6 Å². The molecule has 2 heteroatoms. The van der Waals surface area contributed by atoms with E-state index in [1.807, 2.05) is 0 Å². The lowest BCUT2D eigenvalue weighted by atomic mass is 10.1. The molecule has 1 nitrogen and oxygen atoms in total. The average Bonchev–Trinajstić information content (AvgIpc) is 2.58. The molecule has 24 heavy (non-hydrogen) atoms. The highest BCUT2D eigenvalue weighted by Gasteiger charge is 1.98. The van der Waals surface area contributed by atoms with Crippen molar-refractivity contribution in [3.63, 3.8) is 0 Å². The number of thiocarbonyl (C=S) groups is 1. The van der Waals surface area contributed by atoms with Crippen LogP contribution in [0.3, 0.4) is 0 Å². The fraction of sp³-hybridized carbons (Fsp3) is 0.500. The molecule has 0 aliphatic rings. The summed E-state index contributed by atoms with van der Waals surface area (Å²) in [5, 5.41) is 11.1. The monoisotopic (exact) mass is 346 g/mol. The molecule has 0 heterocycles. The number of allylic oxidation sites excluding steroid dienone is 10. The van der Waals surface area contributed by atoms with Gasteiger partial charge in [-0.25, -0.2) is 0 Å². The first-order chi connectivity index (χ1) is 11.8. The molecule has 0 aromatic heterocycles. The maximum Gasteiger partial charge on any atom is 0.0585 e. The number of unbranched alkanes of at least 4 members (excludes halogenated alkanes) is 1. The second-order valence-electron chi connectivity index (χ2n) is 5.68. The van der Waals surface area contributed by atoms with Gasteiger partial charge in [0.15, 0.2) is 0 Å². The Bertz CT molecular complexity index is 416. The zero-order valence-electron chi connectivity index (χ0n) is 15.1. The Hall–Kier alpha value is -1.25. The third-order valence-corrected chi connectivity index (χ3v) is 3.61. The summed E-state index contributed by atoms with van der Waals surface area (Å²) in [6.07, 6.45) is 30.5. The Morgan fingerprint density at radius 2 is 1.17 bits per heavy atom. The molecule has 0 aliphatic carbocycles. The molecule has 0 aromatic carbocycles. The molecule has 0 fully saturated rings. The summed E-state index contributed by atoms with van der Waals surface area (Å²) in [5.41, 5.74) is 0. The normalized spacial score (nSPS) is 14.1. The molecule has 1 N–H and O–H groups in total. The molecule has 1 unspecified atom stereocenters. The second kappa shape index (κ2) is 19.8. The number of hydrogen-bond acceptors (Lipinski definition) is 2. The molecule has 0 saturated carbocycles. The van der Waals surface area contributed by atoms with Crippen LogP contribution in [0.4, 0.5) is 0 Å². The van der Waals surface area contributed by atoms with Gasteiger partial charge in [0.05, 0.1) is 6.10 Å². The Kier molecular flexibility index (Phi) is 18.8. The first-order valence-corrected chi connectivity index (χ1v) is 9.65. The molecule has 0 spiro atoms. The molecule has 0 aliphatic heterocycles. The lowest BCUT2D eigenvalue weighted by molar-refractivity contribution is 0.175. The van der Waals surface area contributed by atoms with E-state index in [1.54, 1.807) is 5.37 Å². The van der Waals surface area contributed by atoms with Gasteiger partial charge in [-0.2, -0.15) is 0 Å². The quantitative estimate of drug-likeness (QED) is 0.203. The average molecular weight is 347 g/mol. The van der Waals surface area contributed by atoms with Gasteiger partial charge in [0, 0.05) is 6.42 Å². The van der Waals surface area contributed by atoms with Crippen LogP contribution in [-0.4, -0.2) is 16.6 Å². The minimum Gasteiger partial charge on any atom is -0.393 e. The van der Waals surface area contributed by atoms with Crippen LogP contribution in [0.2, 0.25) is 0 Å². The van der Waals surface area contributed by atoms with Crippen molar-refractivity contribution in [1.82, 2.24) is 0 Å². The maximum absolute atomic E-state index is 9.52. The summed E-state index contributed by atoms with van der Waals surface area (Å²) in [7, 11) is 0. The largest absolute Gasteiger partial charge is 0.393 e. The van der Waals surface area contributed by atoms with Crippen molar-refractivity contribution in [3.05, 3.63) is 60.8 Å². The van der Waals surface area contributed by atoms with Crippen LogP contribution in [0, 0.1) is 0 Å². The van der Waals surface area contributed by atoms with E-state index in [0.29, 0.717) is 6.42 Å². The predicted octanol–water partition coefficient (Wildman–Crippen LogP) is 6.66. The number of aliphatic hydroxyl groups is 1. The summed E-state index contributed by atoms with van der Waals surface area (Å²) < 4.78 is 0. The molecule has 134 valence electrons. The number of hydrogen-bond donors (Lipinski definition) is 1. The smallest absolute Gasteiger partial charge is 0.0585 e. The Labute approximate surface area is 154 Å². The standard InChI is InChI=1S/C22H34OS/c1-2-3-4-5-6-7-8-9-10-11-12-13-14-15-16-17-18-19-22(23)20-21-24/h3-4,6-7,9-10,12-13,16-17,21-23H,2,5,8,11,14-15,18-20H2,1H3/b4-3-,7-6-,10-9-,13-12-,17-16+. The predicted molar refractivity (Wildman–Crippen MR) is 113 cm³/mol. The van der Waals surface area contributed by atoms with Gasteiger partial charge >= 0.3 is 0 Å². The second-order valence-corrected chi connectivity index (χ2v) is 6.02. The van der Waals surface area contributed by atoms with Gasteiger partial charge in [0.25, 0.3) is 0 Å². The third-order valence-electron chi connectivity index (χ3n) is 3.42. The van der Waals surface area contributed by atoms with Crippen molar-refractivity contribution in [2.75, 3.05) is 0 Å². The van der Waals surface area contributed by atoms with Gasteiger partial charge in [-0.3, -0.25) is 0 Å². The minimum atomic E-state index is -0.276. The zero-order valence-corrected chi connectivity index (χ0v) is 16.0. The maximum atomic E-state index is 9.52. The van der Waals surface area contributed by atoms with Crippen LogP contribution >= 0.6 is 12.2 Å². The molecule has 0 amide bonds. The van der Waals surface area contributed by atoms with E-state index in [9.17, 15) is 5.11 Å². The van der Waals surface area contributed by atoms with Gasteiger partial charge in [0.2, 0.25) is 0 Å². The van der Waals surface area contributed by atoms with Crippen LogP contribution < -0.4 is 0 Å². The Morgan fingerprint density at radius 1 is 0.708 bits per heavy atom. The highest BCUT2D eigenvalue weighted by Crippen LogP contribution is 2.03. The first-order valence-electron chi connectivity index (χ1n) is 9.17. The molecule has 0 saturated heterocycles. The van der Waals surface area contributed by atoms with E-state index < -0.39 is 0 Å². The lowest BCUT2D eigenvalue weighted by Gasteiger charge is -2.03. The number of aliphatic hydroxyl groups excluding tert-OH is 1. The summed E-state index contributed by atoms with van der Waals surface area (Å²) in [5.74, 6) is 0. The van der Waals surface area contributed by atoms with Crippen LogP contribution in [-0.2, 0) is 0 Å². The summed E-state index contributed by atoms with van der Waals surface area (Å²) in [6.45, 7) is 2.16. The summed E-state index contributed by atoms with van der Waals surface area (Å²) >= 11 is 4.73. The van der Waals surface area contributed by atoms with Gasteiger partial charge in [-0.05, 0) is 56.7 Å². The molecular weight excluding hydrogens is 312 g/mol. The Morgan fingerprint density at radius 3 is 1.71 bits per heavy atom. The fourth-order valence-corrected chi connectivity index (χ4v) is 2.27. The minimum absolute atomic E-state index is 0.276. The van der Waals surface area contributed by atoms with Gasteiger partial charge in [0.1, 0.15) is 0 Å². The lowest BCUT2D eigenvalue weighted by Crippen LogP contribution is -2.05. The molecular formula is C22H34OS. The third kappa shape index (κ3) is 18.8. The van der Waals surface area contributed by atoms with Crippen LogP contribution in [0.5, 0.6) is 0 Å². The van der Waals surface area contributed by atoms with E-state index in [2.05, 4.69) is 67.7 Å². The molecule has 0 rings (SSSR count). The van der Waals surface area contributed by atoms with Crippen LogP contribution in [0.15, 0.2) is 60.8 Å². The molecule has 0 aromatic rings. The highest BCUT2D eigenvalue weighted by atomic mass is 32.1. The summed E-state index contributed by atoms with van der Waals surface area (Å²) in [6, 6.07) is 0. The van der Waals surface area contributed by atoms with E-state index in [4.69, 9.17) is 12.2 Å². The molecule has 1 atom stereocenters. The number of rotatable bonds is 15. The van der Waals surface area contributed by atoms with Gasteiger partial charge < -0.3 is 5.11 Å². The van der Waals surface area contributed by atoms with Crippen molar-refractivity contribution < 1.29 is 5.11 Å². The van der Waals surface area contributed by atoms with Gasteiger partial charge in [-0.1, -0.05) is 79.9 Å². The van der Waals surface area contributed by atoms with Gasteiger partial charge in [-0.15, -0.1) is 0 Å².